The third kappa shape index (κ3) is 3.48. The number of benzene rings is 2. The molecule has 1 N–H and O–H groups in total. The van der Waals surface area contributed by atoms with Gasteiger partial charge in [-0.15, -0.1) is 0 Å². The molecule has 0 atom stereocenters. The number of non-ortho nitro benzene ring substituents is 1. The summed E-state index contributed by atoms with van der Waals surface area (Å²) < 4.78 is 6.20. The second kappa shape index (κ2) is 6.38. The molecule has 2 aromatic carbocycles. The van der Waals surface area contributed by atoms with Gasteiger partial charge in [-0.3, -0.25) is 10.1 Å². The van der Waals surface area contributed by atoms with Crippen LogP contribution in [0, 0.1) is 10.1 Å². The molecule has 2 aromatic rings. The number of nitro groups is 1. The zero-order chi connectivity index (χ0) is 14.5. The highest BCUT2D eigenvalue weighted by Gasteiger charge is 2.10. The molecule has 6 heteroatoms. The zero-order valence-corrected chi connectivity index (χ0v) is 12.4. The Hall–Kier alpha value is -2.08. The first-order valence-corrected chi connectivity index (χ1v) is 6.70. The van der Waals surface area contributed by atoms with Gasteiger partial charge in [0.1, 0.15) is 5.75 Å². The van der Waals surface area contributed by atoms with E-state index in [2.05, 4.69) is 21.2 Å². The molecule has 0 fully saturated rings. The van der Waals surface area contributed by atoms with Crippen LogP contribution in [0.1, 0.15) is 5.56 Å². The maximum atomic E-state index is 10.8. The van der Waals surface area contributed by atoms with Gasteiger partial charge < -0.3 is 10.1 Å². The van der Waals surface area contributed by atoms with Crippen LogP contribution in [0.4, 0.5) is 11.4 Å². The number of nitro benzene ring substituents is 1. The standard InChI is InChI=1S/C14H13BrN2O3/c1-20-14-7-6-12(17(18)19)8-13(14)16-9-10-2-4-11(15)5-3-10/h2-8,16H,9H2,1H3. The number of rotatable bonds is 5. The van der Waals surface area contributed by atoms with Gasteiger partial charge in [0.05, 0.1) is 17.7 Å². The zero-order valence-electron chi connectivity index (χ0n) is 10.8. The van der Waals surface area contributed by atoms with Crippen molar-refractivity contribution in [2.24, 2.45) is 0 Å². The fraction of sp³-hybridized carbons (Fsp3) is 0.143. The van der Waals surface area contributed by atoms with E-state index in [0.717, 1.165) is 10.0 Å². The highest BCUT2D eigenvalue weighted by Crippen LogP contribution is 2.29. The molecular formula is C14H13BrN2O3. The number of methoxy groups -OCH3 is 1. The van der Waals surface area contributed by atoms with Crippen molar-refractivity contribution < 1.29 is 9.66 Å². The van der Waals surface area contributed by atoms with Crippen molar-refractivity contribution in [1.82, 2.24) is 0 Å². The largest absolute Gasteiger partial charge is 0.495 e. The van der Waals surface area contributed by atoms with E-state index in [4.69, 9.17) is 4.74 Å². The molecular weight excluding hydrogens is 324 g/mol. The summed E-state index contributed by atoms with van der Waals surface area (Å²) in [6.07, 6.45) is 0. The summed E-state index contributed by atoms with van der Waals surface area (Å²) in [5.74, 6) is 0.577. The minimum Gasteiger partial charge on any atom is -0.495 e. The fourth-order valence-electron chi connectivity index (χ4n) is 1.75. The maximum absolute atomic E-state index is 10.8. The number of ether oxygens (including phenoxy) is 1. The van der Waals surface area contributed by atoms with Crippen LogP contribution in [0.15, 0.2) is 46.9 Å². The molecule has 0 saturated heterocycles. The molecule has 0 saturated carbocycles. The van der Waals surface area contributed by atoms with E-state index in [0.29, 0.717) is 18.0 Å². The molecule has 0 unspecified atom stereocenters. The van der Waals surface area contributed by atoms with Gasteiger partial charge in [0.2, 0.25) is 0 Å². The van der Waals surface area contributed by atoms with Gasteiger partial charge in [0.15, 0.2) is 0 Å². The smallest absolute Gasteiger partial charge is 0.271 e. The summed E-state index contributed by atoms with van der Waals surface area (Å²) in [4.78, 5) is 10.4. The molecule has 0 aliphatic carbocycles. The Morgan fingerprint density at radius 2 is 1.95 bits per heavy atom. The third-order valence-electron chi connectivity index (χ3n) is 2.79. The van der Waals surface area contributed by atoms with Gasteiger partial charge in [-0.25, -0.2) is 0 Å². The maximum Gasteiger partial charge on any atom is 0.271 e. The Labute approximate surface area is 124 Å². The molecule has 0 aliphatic rings. The monoisotopic (exact) mass is 336 g/mol. The number of nitrogens with one attached hydrogen (secondary N) is 1. The van der Waals surface area contributed by atoms with Crippen molar-refractivity contribution in [3.8, 4) is 5.75 Å². The molecule has 0 bridgehead atoms. The molecule has 0 heterocycles. The molecule has 20 heavy (non-hydrogen) atoms. The van der Waals surface area contributed by atoms with Crippen molar-refractivity contribution >= 4 is 27.3 Å². The van der Waals surface area contributed by atoms with Crippen LogP contribution in [-0.2, 0) is 6.54 Å². The molecule has 5 nitrogen and oxygen atoms in total. The van der Waals surface area contributed by atoms with Crippen LogP contribution in [0.3, 0.4) is 0 Å². The van der Waals surface area contributed by atoms with E-state index in [1.165, 1.54) is 19.2 Å². The molecule has 0 aliphatic heterocycles. The van der Waals surface area contributed by atoms with E-state index >= 15 is 0 Å². The van der Waals surface area contributed by atoms with E-state index in [9.17, 15) is 10.1 Å². The first-order valence-electron chi connectivity index (χ1n) is 5.91. The Morgan fingerprint density at radius 1 is 1.25 bits per heavy atom. The van der Waals surface area contributed by atoms with Gasteiger partial charge in [-0.05, 0) is 23.8 Å². The van der Waals surface area contributed by atoms with Crippen LogP contribution < -0.4 is 10.1 Å². The predicted molar refractivity (Wildman–Crippen MR) is 81.1 cm³/mol. The van der Waals surface area contributed by atoms with E-state index < -0.39 is 4.92 Å². The quantitative estimate of drug-likeness (QED) is 0.662. The van der Waals surface area contributed by atoms with E-state index in [-0.39, 0.29) is 5.69 Å². The number of hydrogen-bond donors (Lipinski definition) is 1. The second-order valence-electron chi connectivity index (χ2n) is 4.12. The van der Waals surface area contributed by atoms with Crippen molar-refractivity contribution in [2.45, 2.75) is 6.54 Å². The third-order valence-corrected chi connectivity index (χ3v) is 3.32. The van der Waals surface area contributed by atoms with Crippen molar-refractivity contribution in [3.05, 3.63) is 62.6 Å². The van der Waals surface area contributed by atoms with Crippen molar-refractivity contribution in [3.63, 3.8) is 0 Å². The normalized spacial score (nSPS) is 10.1. The van der Waals surface area contributed by atoms with Gasteiger partial charge >= 0.3 is 0 Å². The summed E-state index contributed by atoms with van der Waals surface area (Å²) in [6.45, 7) is 0.560. The second-order valence-corrected chi connectivity index (χ2v) is 5.04. The molecule has 2 rings (SSSR count). The molecule has 0 radical (unpaired) electrons. The van der Waals surface area contributed by atoms with Crippen LogP contribution >= 0.6 is 15.9 Å². The van der Waals surface area contributed by atoms with Crippen LogP contribution in [-0.4, -0.2) is 12.0 Å². The Bertz CT molecular complexity index is 614. The van der Waals surface area contributed by atoms with E-state index in [1.54, 1.807) is 6.07 Å². The molecule has 0 aromatic heterocycles. The van der Waals surface area contributed by atoms with Crippen LogP contribution in [0.25, 0.3) is 0 Å². The summed E-state index contributed by atoms with van der Waals surface area (Å²) in [7, 11) is 1.53. The highest BCUT2D eigenvalue weighted by molar-refractivity contribution is 9.10. The first-order chi connectivity index (χ1) is 9.60. The van der Waals surface area contributed by atoms with E-state index in [1.807, 2.05) is 24.3 Å². The topological polar surface area (TPSA) is 64.4 Å². The molecule has 104 valence electrons. The minimum atomic E-state index is -0.426. The van der Waals surface area contributed by atoms with Crippen LogP contribution in [0.5, 0.6) is 5.75 Å². The highest BCUT2D eigenvalue weighted by atomic mass is 79.9. The number of nitrogens with zero attached hydrogens (tertiary/aromatic N) is 1. The lowest BCUT2D eigenvalue weighted by Crippen LogP contribution is -2.02. The van der Waals surface area contributed by atoms with Crippen molar-refractivity contribution in [1.29, 1.82) is 0 Å². The molecule has 0 spiro atoms. The lowest BCUT2D eigenvalue weighted by atomic mass is 10.2. The van der Waals surface area contributed by atoms with Gasteiger partial charge in [-0.2, -0.15) is 0 Å². The average molecular weight is 337 g/mol. The minimum absolute atomic E-state index is 0.0316. The Kier molecular flexibility index (Phi) is 4.57. The SMILES string of the molecule is COc1ccc([N+](=O)[O-])cc1NCc1ccc(Br)cc1. The first kappa shape index (κ1) is 14.3. The summed E-state index contributed by atoms with van der Waals surface area (Å²) in [5.41, 5.74) is 1.70. The van der Waals surface area contributed by atoms with Crippen LogP contribution in [0.2, 0.25) is 0 Å². The Balaban J connectivity index is 2.16. The predicted octanol–water partition coefficient (Wildman–Crippen LogP) is 3.98. The Morgan fingerprint density at radius 3 is 2.55 bits per heavy atom. The number of hydrogen-bond acceptors (Lipinski definition) is 4. The van der Waals surface area contributed by atoms with Gasteiger partial charge in [-0.1, -0.05) is 28.1 Å². The summed E-state index contributed by atoms with van der Waals surface area (Å²) in [5, 5.41) is 13.9. The fourth-order valence-corrected chi connectivity index (χ4v) is 2.01. The van der Waals surface area contributed by atoms with Gasteiger partial charge in [0.25, 0.3) is 5.69 Å². The van der Waals surface area contributed by atoms with Gasteiger partial charge in [0, 0.05) is 23.2 Å². The summed E-state index contributed by atoms with van der Waals surface area (Å²) in [6, 6.07) is 12.3. The number of halogens is 1. The summed E-state index contributed by atoms with van der Waals surface area (Å²) >= 11 is 3.37. The molecule has 0 amide bonds. The lowest BCUT2D eigenvalue weighted by Gasteiger charge is -2.11. The lowest BCUT2D eigenvalue weighted by molar-refractivity contribution is -0.384. The average Bonchev–Trinajstić information content (AvgIpc) is 2.46. The van der Waals surface area contributed by atoms with Crippen molar-refractivity contribution in [2.75, 3.05) is 12.4 Å². The number of anilines is 1.